The average Bonchev–Trinajstić information content (AvgIpc) is 3.18. The molecule has 2 aromatic heterocycles. The number of amides is 2. The second-order valence-corrected chi connectivity index (χ2v) is 10.1. The van der Waals surface area contributed by atoms with Gasteiger partial charge in [-0.1, -0.05) is 6.07 Å². The van der Waals surface area contributed by atoms with Crippen molar-refractivity contribution in [2.75, 3.05) is 36.6 Å². The lowest BCUT2D eigenvalue weighted by Gasteiger charge is -2.37. The fourth-order valence-corrected chi connectivity index (χ4v) is 5.36. The molecule has 10 heteroatoms. The molecule has 1 aromatic carbocycles. The molecule has 4 heterocycles. The summed E-state index contributed by atoms with van der Waals surface area (Å²) in [7, 11) is 0. The molecule has 8 nitrogen and oxygen atoms in total. The van der Waals surface area contributed by atoms with Gasteiger partial charge in [0.2, 0.25) is 5.91 Å². The Bertz CT molecular complexity index is 1410. The summed E-state index contributed by atoms with van der Waals surface area (Å²) in [5.41, 5.74) is 3.65. The number of ether oxygens (including phenoxy) is 1. The van der Waals surface area contributed by atoms with Crippen molar-refractivity contribution in [2.24, 2.45) is 5.92 Å². The molecule has 0 radical (unpaired) electrons. The van der Waals surface area contributed by atoms with Crippen LogP contribution in [-0.2, 0) is 15.5 Å². The fraction of sp³-hybridized carbons (Fsp3) is 0.379. The van der Waals surface area contributed by atoms with Gasteiger partial charge in [-0.2, -0.15) is 8.78 Å². The lowest BCUT2D eigenvalue weighted by molar-refractivity contribution is -0.124. The lowest BCUT2D eigenvalue weighted by atomic mass is 9.78. The van der Waals surface area contributed by atoms with Gasteiger partial charge in [0.05, 0.1) is 13.2 Å². The molecule has 204 valence electrons. The van der Waals surface area contributed by atoms with Crippen LogP contribution in [0.1, 0.15) is 52.9 Å². The number of hydrogen-bond acceptors (Lipinski definition) is 6. The van der Waals surface area contributed by atoms with E-state index in [1.165, 1.54) is 12.3 Å². The number of rotatable bonds is 6. The number of carbonyl (C=O) groups is 2. The van der Waals surface area contributed by atoms with E-state index in [-0.39, 0.29) is 36.5 Å². The van der Waals surface area contributed by atoms with E-state index in [0.717, 1.165) is 35.2 Å². The van der Waals surface area contributed by atoms with E-state index in [1.807, 2.05) is 25.1 Å². The van der Waals surface area contributed by atoms with Crippen molar-refractivity contribution in [1.29, 1.82) is 0 Å². The van der Waals surface area contributed by atoms with Crippen LogP contribution in [0.3, 0.4) is 0 Å². The Morgan fingerprint density at radius 1 is 1.15 bits per heavy atom. The van der Waals surface area contributed by atoms with Gasteiger partial charge in [-0.15, -0.1) is 0 Å². The molecule has 0 bridgehead atoms. The molecule has 2 N–H and O–H groups in total. The zero-order chi connectivity index (χ0) is 27.7. The number of aliphatic hydroxyl groups is 1. The highest BCUT2D eigenvalue weighted by Gasteiger charge is 2.41. The summed E-state index contributed by atoms with van der Waals surface area (Å²) in [6.45, 7) is 3.75. The van der Waals surface area contributed by atoms with Crippen molar-refractivity contribution in [2.45, 2.75) is 38.5 Å². The van der Waals surface area contributed by atoms with Gasteiger partial charge in [-0.25, -0.2) is 4.98 Å². The molecule has 1 saturated heterocycles. The van der Waals surface area contributed by atoms with Crippen LogP contribution in [-0.4, -0.2) is 53.3 Å². The van der Waals surface area contributed by atoms with Gasteiger partial charge >= 0.3 is 0 Å². The smallest absolute Gasteiger partial charge is 0.286 e. The summed E-state index contributed by atoms with van der Waals surface area (Å²) in [5, 5.41) is 12.4. The zero-order valence-corrected chi connectivity index (χ0v) is 21.8. The molecule has 2 amide bonds. The highest BCUT2D eigenvalue weighted by atomic mass is 19.3. The quantitative estimate of drug-likeness (QED) is 0.475. The Labute approximate surface area is 225 Å². The van der Waals surface area contributed by atoms with E-state index >= 15 is 0 Å². The van der Waals surface area contributed by atoms with Gasteiger partial charge in [0, 0.05) is 61.2 Å². The van der Waals surface area contributed by atoms with Crippen LogP contribution in [0.5, 0.6) is 0 Å². The Kier molecular flexibility index (Phi) is 7.42. The van der Waals surface area contributed by atoms with Crippen molar-refractivity contribution in [3.8, 4) is 11.1 Å². The number of aryl methyl sites for hydroxylation is 1. The molecule has 5 rings (SSSR count). The fourth-order valence-electron chi connectivity index (χ4n) is 5.36. The molecule has 3 aromatic rings. The molecule has 2 aliphatic rings. The maximum Gasteiger partial charge on any atom is 0.286 e. The molecule has 2 aliphatic heterocycles. The SMILES string of the molecule is Cc1ccc(NC(=O)c2ccnc(C(C)(F)F)c2)cc1-c1cnc2c(c1)C1CCOCCC1C(=O)N2CCO. The number of nitrogens with zero attached hydrogens (tertiary/aromatic N) is 3. The van der Waals surface area contributed by atoms with Crippen molar-refractivity contribution < 1.29 is 28.2 Å². The highest BCUT2D eigenvalue weighted by molar-refractivity contribution is 6.04. The van der Waals surface area contributed by atoms with Crippen molar-refractivity contribution >= 4 is 23.3 Å². The van der Waals surface area contributed by atoms with Crippen LogP contribution in [0.2, 0.25) is 0 Å². The third-order valence-electron chi connectivity index (χ3n) is 7.37. The van der Waals surface area contributed by atoms with Crippen molar-refractivity contribution in [1.82, 2.24) is 9.97 Å². The first kappa shape index (κ1) is 26.8. The topological polar surface area (TPSA) is 105 Å². The maximum atomic E-state index is 13.7. The number of anilines is 2. The summed E-state index contributed by atoms with van der Waals surface area (Å²) in [6, 6.07) is 9.95. The number of β-amino-alcohol motifs (C(OH)–C–C–N with tert-alkyl or cyclic N) is 1. The van der Waals surface area contributed by atoms with Gasteiger partial charge in [-0.05, 0) is 66.8 Å². The van der Waals surface area contributed by atoms with Gasteiger partial charge in [0.15, 0.2) is 0 Å². The monoisotopic (exact) mass is 536 g/mol. The number of aliphatic hydroxyl groups excluding tert-OH is 1. The number of halogens is 2. The average molecular weight is 537 g/mol. The minimum Gasteiger partial charge on any atom is -0.395 e. The Hall–Kier alpha value is -3.76. The molecule has 2 unspecified atom stereocenters. The number of fused-ring (bicyclic) bond motifs is 3. The van der Waals surface area contributed by atoms with Gasteiger partial charge in [0.25, 0.3) is 11.8 Å². The number of nitrogens with one attached hydrogen (secondary N) is 1. The Morgan fingerprint density at radius 3 is 2.67 bits per heavy atom. The second kappa shape index (κ2) is 10.8. The number of pyridine rings is 2. The Balaban J connectivity index is 1.48. The molecule has 1 fully saturated rings. The van der Waals surface area contributed by atoms with Crippen LogP contribution in [0.4, 0.5) is 20.3 Å². The van der Waals surface area contributed by atoms with Crippen LogP contribution >= 0.6 is 0 Å². The van der Waals surface area contributed by atoms with E-state index in [2.05, 4.69) is 15.3 Å². The predicted octanol–water partition coefficient (Wildman–Crippen LogP) is 4.67. The number of carbonyl (C=O) groups excluding carboxylic acids is 2. The number of benzene rings is 1. The number of hydrogen-bond donors (Lipinski definition) is 2. The summed E-state index contributed by atoms with van der Waals surface area (Å²) in [4.78, 5) is 36.0. The first-order chi connectivity index (χ1) is 18.7. The number of aromatic nitrogens is 2. The first-order valence-corrected chi connectivity index (χ1v) is 12.9. The molecular weight excluding hydrogens is 506 g/mol. The minimum absolute atomic E-state index is 0.0340. The molecule has 2 atom stereocenters. The van der Waals surface area contributed by atoms with E-state index in [0.29, 0.717) is 37.6 Å². The Morgan fingerprint density at radius 2 is 1.92 bits per heavy atom. The van der Waals surface area contributed by atoms with Crippen LogP contribution in [0.25, 0.3) is 11.1 Å². The zero-order valence-electron chi connectivity index (χ0n) is 21.8. The van der Waals surface area contributed by atoms with Crippen LogP contribution in [0.15, 0.2) is 48.8 Å². The van der Waals surface area contributed by atoms with E-state index in [9.17, 15) is 23.5 Å². The molecule has 0 aliphatic carbocycles. The van der Waals surface area contributed by atoms with Gasteiger partial charge < -0.3 is 15.2 Å². The second-order valence-electron chi connectivity index (χ2n) is 10.1. The summed E-state index contributed by atoms with van der Waals surface area (Å²) >= 11 is 0. The number of alkyl halides is 2. The summed E-state index contributed by atoms with van der Waals surface area (Å²) in [6.07, 6.45) is 4.19. The standard InChI is InChI=1S/C29H30F2N4O4/c1-17-3-4-20(34-27(37)18-5-8-32-25(14-18)29(2,30)31)15-23(17)19-13-24-21-6-11-39-12-7-22(21)28(38)35(9-10-36)26(24)33-16-19/h3-5,8,13-16,21-22,36H,6-7,9-12H2,1-2H3,(H,34,37). The predicted molar refractivity (Wildman–Crippen MR) is 142 cm³/mol. The lowest BCUT2D eigenvalue weighted by Crippen LogP contribution is -2.45. The first-order valence-electron chi connectivity index (χ1n) is 12.9. The third-order valence-corrected chi connectivity index (χ3v) is 7.37. The van der Waals surface area contributed by atoms with Crippen molar-refractivity contribution in [3.63, 3.8) is 0 Å². The van der Waals surface area contributed by atoms with E-state index in [4.69, 9.17) is 4.74 Å². The van der Waals surface area contributed by atoms with Crippen LogP contribution in [0, 0.1) is 12.8 Å². The summed E-state index contributed by atoms with van der Waals surface area (Å²) < 4.78 is 33.1. The third kappa shape index (κ3) is 5.39. The normalized spacial score (nSPS) is 19.2. The van der Waals surface area contributed by atoms with Gasteiger partial charge in [-0.3, -0.25) is 19.5 Å². The molecular formula is C29H30F2N4O4. The maximum absolute atomic E-state index is 13.7. The largest absolute Gasteiger partial charge is 0.395 e. The summed E-state index contributed by atoms with van der Waals surface area (Å²) in [5.74, 6) is -3.44. The highest BCUT2D eigenvalue weighted by Crippen LogP contribution is 2.44. The van der Waals surface area contributed by atoms with Crippen molar-refractivity contribution in [3.05, 3.63) is 71.2 Å². The van der Waals surface area contributed by atoms with Gasteiger partial charge in [0.1, 0.15) is 11.5 Å². The van der Waals surface area contributed by atoms with Crippen LogP contribution < -0.4 is 10.2 Å². The van der Waals surface area contributed by atoms with E-state index in [1.54, 1.807) is 17.2 Å². The molecule has 39 heavy (non-hydrogen) atoms. The minimum atomic E-state index is -3.16. The van der Waals surface area contributed by atoms with E-state index < -0.39 is 17.5 Å². The molecule has 0 saturated carbocycles. The molecule has 0 spiro atoms.